The van der Waals surface area contributed by atoms with E-state index in [4.69, 9.17) is 9.47 Å². The van der Waals surface area contributed by atoms with E-state index in [0.717, 1.165) is 19.3 Å². The number of carbonyl (C=O) groups excluding carboxylic acids is 1. The van der Waals surface area contributed by atoms with Crippen LogP contribution in [0, 0.1) is 23.2 Å². The zero-order valence-electron chi connectivity index (χ0n) is 15.4. The van der Waals surface area contributed by atoms with Crippen molar-refractivity contribution in [3.05, 3.63) is 11.6 Å². The number of fused-ring (bicyclic) bond motifs is 2. The average Bonchev–Trinajstić information content (AvgIpc) is 2.51. The largest absolute Gasteiger partial charge is 0.449 e. The molecule has 1 amide bonds. The second-order valence-corrected chi connectivity index (χ2v) is 7.39. The molecule has 0 aromatic rings. The maximum Gasteiger partial charge on any atom is 0.407 e. The summed E-state index contributed by atoms with van der Waals surface area (Å²) in [5, 5.41) is 2.79. The standard InChI is InChI=1S/C19H33NO3/c1-6-8-16-17-13(3)10-14(4)19(11-22-16,15(17)5)12-23-18(21)20-9-7-2/h10,14-17H,6-9,11-12H2,1-5H3,(H,20,21)/t14-,15-,16-,17+,19+/m0/s1. The van der Waals surface area contributed by atoms with Crippen LogP contribution in [0.4, 0.5) is 4.79 Å². The molecule has 2 aliphatic rings. The first kappa shape index (κ1) is 18.3. The molecule has 23 heavy (non-hydrogen) atoms. The van der Waals surface area contributed by atoms with Crippen LogP contribution in [0.5, 0.6) is 0 Å². The zero-order valence-corrected chi connectivity index (χ0v) is 15.4. The minimum atomic E-state index is -0.306. The quantitative estimate of drug-likeness (QED) is 0.747. The first-order valence-corrected chi connectivity index (χ1v) is 9.16. The third-order valence-electron chi connectivity index (χ3n) is 5.92. The fraction of sp³-hybridized carbons (Fsp3) is 0.842. The van der Waals surface area contributed by atoms with Crippen LogP contribution in [0.1, 0.15) is 53.9 Å². The summed E-state index contributed by atoms with van der Waals surface area (Å²) in [4.78, 5) is 11.9. The lowest BCUT2D eigenvalue weighted by Gasteiger charge is -2.55. The smallest absolute Gasteiger partial charge is 0.407 e. The topological polar surface area (TPSA) is 47.6 Å². The van der Waals surface area contributed by atoms with Gasteiger partial charge in [-0.3, -0.25) is 0 Å². The molecule has 0 aromatic carbocycles. The molecule has 1 saturated heterocycles. The molecule has 2 bridgehead atoms. The molecule has 1 fully saturated rings. The van der Waals surface area contributed by atoms with Gasteiger partial charge in [0.05, 0.1) is 12.7 Å². The van der Waals surface area contributed by atoms with Gasteiger partial charge >= 0.3 is 6.09 Å². The maximum absolute atomic E-state index is 11.9. The van der Waals surface area contributed by atoms with Gasteiger partial charge in [0.25, 0.3) is 0 Å². The second-order valence-electron chi connectivity index (χ2n) is 7.39. The van der Waals surface area contributed by atoms with Crippen LogP contribution in [0.25, 0.3) is 0 Å². The Labute approximate surface area is 141 Å². The molecular weight excluding hydrogens is 290 g/mol. The van der Waals surface area contributed by atoms with Crippen molar-refractivity contribution in [2.75, 3.05) is 19.8 Å². The van der Waals surface area contributed by atoms with Gasteiger partial charge in [0, 0.05) is 17.9 Å². The van der Waals surface area contributed by atoms with Gasteiger partial charge in [-0.15, -0.1) is 0 Å². The van der Waals surface area contributed by atoms with Gasteiger partial charge in [0.1, 0.15) is 6.61 Å². The Morgan fingerprint density at radius 1 is 1.39 bits per heavy atom. The highest BCUT2D eigenvalue weighted by molar-refractivity contribution is 5.67. The van der Waals surface area contributed by atoms with E-state index in [2.05, 4.69) is 39.1 Å². The Kier molecular flexibility index (Phi) is 6.12. The highest BCUT2D eigenvalue weighted by atomic mass is 16.6. The third-order valence-corrected chi connectivity index (χ3v) is 5.92. The molecule has 1 aliphatic carbocycles. The van der Waals surface area contributed by atoms with Gasteiger partial charge in [0.2, 0.25) is 0 Å². The van der Waals surface area contributed by atoms with E-state index in [-0.39, 0.29) is 11.5 Å². The number of nitrogens with one attached hydrogen (secondary N) is 1. The van der Waals surface area contributed by atoms with Crippen molar-refractivity contribution in [3.8, 4) is 0 Å². The van der Waals surface area contributed by atoms with Crippen molar-refractivity contribution in [1.29, 1.82) is 0 Å². The highest BCUT2D eigenvalue weighted by Crippen LogP contribution is 2.53. The first-order chi connectivity index (χ1) is 11.0. The minimum absolute atomic E-state index is 0.0992. The van der Waals surface area contributed by atoms with Crippen LogP contribution in [0.15, 0.2) is 11.6 Å². The van der Waals surface area contributed by atoms with Crippen LogP contribution >= 0.6 is 0 Å². The molecule has 0 saturated carbocycles. The summed E-state index contributed by atoms with van der Waals surface area (Å²) in [5.41, 5.74) is 1.34. The van der Waals surface area contributed by atoms with Crippen LogP contribution in [0.2, 0.25) is 0 Å². The number of hydrogen-bond donors (Lipinski definition) is 1. The van der Waals surface area contributed by atoms with Gasteiger partial charge in [-0.2, -0.15) is 0 Å². The van der Waals surface area contributed by atoms with Crippen molar-refractivity contribution in [2.45, 2.75) is 60.0 Å². The molecule has 132 valence electrons. The predicted molar refractivity (Wildman–Crippen MR) is 92.3 cm³/mol. The molecule has 0 unspecified atom stereocenters. The van der Waals surface area contributed by atoms with E-state index < -0.39 is 0 Å². The normalized spacial score (nSPS) is 36.3. The molecule has 1 aliphatic heterocycles. The average molecular weight is 323 g/mol. The zero-order chi connectivity index (χ0) is 17.0. The lowest BCUT2D eigenvalue weighted by Crippen LogP contribution is -2.57. The van der Waals surface area contributed by atoms with E-state index in [1.807, 2.05) is 6.92 Å². The van der Waals surface area contributed by atoms with Crippen molar-refractivity contribution < 1.29 is 14.3 Å². The van der Waals surface area contributed by atoms with Crippen LogP contribution in [0.3, 0.4) is 0 Å². The molecule has 4 heteroatoms. The Bertz CT molecular complexity index is 448. The number of amides is 1. The van der Waals surface area contributed by atoms with E-state index in [0.29, 0.717) is 43.6 Å². The van der Waals surface area contributed by atoms with Crippen LogP contribution in [-0.2, 0) is 9.47 Å². The molecular formula is C19H33NO3. The number of rotatable bonds is 6. The maximum atomic E-state index is 11.9. The summed E-state index contributed by atoms with van der Waals surface area (Å²) in [6, 6.07) is 0. The van der Waals surface area contributed by atoms with Gasteiger partial charge in [-0.1, -0.05) is 45.8 Å². The molecule has 0 spiro atoms. The van der Waals surface area contributed by atoms with Crippen molar-refractivity contribution in [3.63, 3.8) is 0 Å². The van der Waals surface area contributed by atoms with Crippen molar-refractivity contribution in [2.24, 2.45) is 23.2 Å². The molecule has 0 radical (unpaired) electrons. The van der Waals surface area contributed by atoms with Crippen molar-refractivity contribution in [1.82, 2.24) is 5.32 Å². The number of hydrogen-bond acceptors (Lipinski definition) is 3. The summed E-state index contributed by atoms with van der Waals surface area (Å²) >= 11 is 0. The number of ether oxygens (including phenoxy) is 2. The Morgan fingerprint density at radius 3 is 2.78 bits per heavy atom. The Hall–Kier alpha value is -1.03. The Balaban J connectivity index is 2.12. The van der Waals surface area contributed by atoms with E-state index in [1.165, 1.54) is 5.57 Å². The summed E-state index contributed by atoms with van der Waals surface area (Å²) in [7, 11) is 0. The molecule has 2 rings (SSSR count). The van der Waals surface area contributed by atoms with E-state index in [1.54, 1.807) is 0 Å². The van der Waals surface area contributed by atoms with Crippen LogP contribution in [-0.4, -0.2) is 32.0 Å². The lowest BCUT2D eigenvalue weighted by molar-refractivity contribution is -0.164. The SMILES string of the molecule is CCCNC(=O)OC[C@]12CO[C@@H](CCC)[C@H](C(C)=C[C@@H]1C)[C@@H]2C. The van der Waals surface area contributed by atoms with Crippen molar-refractivity contribution >= 4 is 6.09 Å². The predicted octanol–water partition coefficient (Wildman–Crippen LogP) is 4.16. The van der Waals surface area contributed by atoms with Gasteiger partial charge < -0.3 is 14.8 Å². The summed E-state index contributed by atoms with van der Waals surface area (Å²) < 4.78 is 11.8. The monoisotopic (exact) mass is 323 g/mol. The molecule has 1 N–H and O–H groups in total. The third kappa shape index (κ3) is 3.57. The molecule has 5 atom stereocenters. The number of allylic oxidation sites excluding steroid dienone is 1. The molecule has 4 nitrogen and oxygen atoms in total. The van der Waals surface area contributed by atoms with E-state index >= 15 is 0 Å². The minimum Gasteiger partial charge on any atom is -0.449 e. The fourth-order valence-electron chi connectivity index (χ4n) is 4.41. The summed E-state index contributed by atoms with van der Waals surface area (Å²) in [6.07, 6.45) is 5.53. The van der Waals surface area contributed by atoms with Crippen LogP contribution < -0.4 is 5.32 Å². The lowest BCUT2D eigenvalue weighted by atomic mass is 9.56. The fourth-order valence-corrected chi connectivity index (χ4v) is 4.41. The van der Waals surface area contributed by atoms with Gasteiger partial charge in [0.15, 0.2) is 0 Å². The second kappa shape index (κ2) is 7.69. The number of alkyl carbamates (subject to hydrolysis) is 1. The first-order valence-electron chi connectivity index (χ1n) is 9.16. The molecule has 0 aromatic heterocycles. The van der Waals surface area contributed by atoms with Gasteiger partial charge in [-0.25, -0.2) is 4.79 Å². The van der Waals surface area contributed by atoms with E-state index in [9.17, 15) is 4.79 Å². The summed E-state index contributed by atoms with van der Waals surface area (Å²) in [5.74, 6) is 1.27. The molecule has 1 heterocycles. The number of carbonyl (C=O) groups is 1. The summed E-state index contributed by atoms with van der Waals surface area (Å²) in [6.45, 7) is 12.8. The highest BCUT2D eigenvalue weighted by Gasteiger charge is 2.53. The Morgan fingerprint density at radius 2 is 2.13 bits per heavy atom. The van der Waals surface area contributed by atoms with Gasteiger partial charge in [-0.05, 0) is 31.6 Å².